The Hall–Kier alpha value is -3.23. The normalized spacial score (nSPS) is 10.9. The van der Waals surface area contributed by atoms with Crippen LogP contribution in [0.1, 0.15) is 23.3 Å². The zero-order chi connectivity index (χ0) is 20.4. The van der Waals surface area contributed by atoms with Gasteiger partial charge < -0.3 is 0 Å². The van der Waals surface area contributed by atoms with E-state index in [9.17, 15) is 4.79 Å². The van der Waals surface area contributed by atoms with Crippen LogP contribution in [0, 0.1) is 25.2 Å². The van der Waals surface area contributed by atoms with Gasteiger partial charge in [0.1, 0.15) is 10.7 Å². The lowest BCUT2D eigenvalue weighted by Crippen LogP contribution is -2.23. The summed E-state index contributed by atoms with van der Waals surface area (Å²) in [4.78, 5) is 20.4. The summed E-state index contributed by atoms with van der Waals surface area (Å²) in [6.45, 7) is 4.57. The highest BCUT2D eigenvalue weighted by atomic mass is 32.1. The van der Waals surface area contributed by atoms with Crippen molar-refractivity contribution in [2.45, 2.75) is 33.2 Å². The second kappa shape index (κ2) is 8.02. The van der Waals surface area contributed by atoms with Gasteiger partial charge in [-0.2, -0.15) is 5.26 Å². The maximum absolute atomic E-state index is 13.6. The molecule has 0 N–H and O–H groups in total. The maximum Gasteiger partial charge on any atom is 0.263 e. The Balaban J connectivity index is 1.99. The van der Waals surface area contributed by atoms with Crippen LogP contribution in [-0.4, -0.2) is 9.55 Å². The summed E-state index contributed by atoms with van der Waals surface area (Å²) in [5.74, 6) is 0.665. The molecule has 2 aromatic carbocycles. The minimum atomic E-state index is -0.0354. The van der Waals surface area contributed by atoms with Crippen molar-refractivity contribution in [3.05, 3.63) is 75.4 Å². The van der Waals surface area contributed by atoms with Gasteiger partial charge in [0, 0.05) is 29.0 Å². The Labute approximate surface area is 173 Å². The van der Waals surface area contributed by atoms with E-state index in [0.29, 0.717) is 30.6 Å². The lowest BCUT2D eigenvalue weighted by atomic mass is 10.0. The summed E-state index contributed by atoms with van der Waals surface area (Å²) < 4.78 is 1.73. The monoisotopic (exact) mass is 399 g/mol. The number of hydrogen-bond acceptors (Lipinski definition) is 4. The third-order valence-electron chi connectivity index (χ3n) is 5.03. The molecule has 2 heterocycles. The van der Waals surface area contributed by atoms with Crippen LogP contribution in [0.15, 0.2) is 59.4 Å². The van der Waals surface area contributed by atoms with Crippen molar-refractivity contribution in [2.75, 3.05) is 0 Å². The van der Waals surface area contributed by atoms with Gasteiger partial charge >= 0.3 is 0 Å². The van der Waals surface area contributed by atoms with Crippen molar-refractivity contribution in [1.82, 2.24) is 9.55 Å². The molecule has 4 nitrogen and oxygen atoms in total. The van der Waals surface area contributed by atoms with Gasteiger partial charge in [-0.05, 0) is 25.8 Å². The molecule has 0 saturated heterocycles. The number of hydrogen-bond donors (Lipinski definition) is 0. The van der Waals surface area contributed by atoms with Gasteiger partial charge in [0.2, 0.25) is 0 Å². The highest BCUT2D eigenvalue weighted by Crippen LogP contribution is 2.36. The average Bonchev–Trinajstić information content (AvgIpc) is 3.07. The first kappa shape index (κ1) is 19.1. The van der Waals surface area contributed by atoms with E-state index in [-0.39, 0.29) is 5.56 Å². The van der Waals surface area contributed by atoms with E-state index < -0.39 is 0 Å². The molecule has 0 spiro atoms. The van der Waals surface area contributed by atoms with Gasteiger partial charge in [-0.3, -0.25) is 9.36 Å². The smallest absolute Gasteiger partial charge is 0.263 e. The number of aromatic nitrogens is 2. The van der Waals surface area contributed by atoms with E-state index in [0.717, 1.165) is 26.4 Å². The molecule has 0 radical (unpaired) electrons. The van der Waals surface area contributed by atoms with Crippen molar-refractivity contribution < 1.29 is 0 Å². The van der Waals surface area contributed by atoms with Gasteiger partial charge in [0.05, 0.1) is 11.5 Å². The Bertz CT molecular complexity index is 1260. The van der Waals surface area contributed by atoms with Crippen molar-refractivity contribution in [3.8, 4) is 28.6 Å². The van der Waals surface area contributed by atoms with E-state index in [1.165, 1.54) is 5.56 Å². The topological polar surface area (TPSA) is 58.7 Å². The van der Waals surface area contributed by atoms with Crippen LogP contribution in [0.25, 0.3) is 32.7 Å². The highest BCUT2D eigenvalue weighted by molar-refractivity contribution is 7.19. The third-order valence-corrected chi connectivity index (χ3v) is 6.03. The van der Waals surface area contributed by atoms with Gasteiger partial charge in [-0.25, -0.2) is 4.98 Å². The van der Waals surface area contributed by atoms with Crippen LogP contribution in [0.4, 0.5) is 0 Å². The Morgan fingerprint density at radius 1 is 1.03 bits per heavy atom. The molecular formula is C24H21N3OS. The Morgan fingerprint density at radius 3 is 2.45 bits per heavy atom. The molecule has 0 bridgehead atoms. The standard InChI is InChI=1S/C24H21N3OS/c1-16-10-12-18(13-11-16)20-17(2)29-23-21(20)24(28)27(15-7-6-14-25)22(26-23)19-8-4-3-5-9-19/h3-5,8-13H,6-7,15H2,1-2H3. The highest BCUT2D eigenvalue weighted by Gasteiger charge is 2.20. The van der Waals surface area contributed by atoms with Crippen molar-refractivity contribution >= 4 is 21.6 Å². The quantitative estimate of drug-likeness (QED) is 0.404. The van der Waals surface area contributed by atoms with Gasteiger partial charge in [0.15, 0.2) is 0 Å². The lowest BCUT2D eigenvalue weighted by molar-refractivity contribution is 0.634. The van der Waals surface area contributed by atoms with Gasteiger partial charge in [0.25, 0.3) is 5.56 Å². The largest absolute Gasteiger partial charge is 0.292 e. The maximum atomic E-state index is 13.6. The fourth-order valence-electron chi connectivity index (χ4n) is 3.59. The minimum absolute atomic E-state index is 0.0354. The minimum Gasteiger partial charge on any atom is -0.292 e. The summed E-state index contributed by atoms with van der Waals surface area (Å²) in [5, 5.41) is 9.61. The summed E-state index contributed by atoms with van der Waals surface area (Å²) >= 11 is 1.56. The van der Waals surface area contributed by atoms with Crippen molar-refractivity contribution in [3.63, 3.8) is 0 Å². The molecule has 29 heavy (non-hydrogen) atoms. The molecule has 0 unspecified atom stereocenters. The Kier molecular flexibility index (Phi) is 5.28. The number of nitrogens with zero attached hydrogens (tertiary/aromatic N) is 3. The van der Waals surface area contributed by atoms with Crippen molar-refractivity contribution in [2.24, 2.45) is 0 Å². The van der Waals surface area contributed by atoms with Crippen molar-refractivity contribution in [1.29, 1.82) is 5.26 Å². The summed E-state index contributed by atoms with van der Waals surface area (Å²) in [5.41, 5.74) is 4.06. The molecule has 4 aromatic rings. The van der Waals surface area contributed by atoms with E-state index >= 15 is 0 Å². The molecule has 5 heteroatoms. The average molecular weight is 400 g/mol. The van der Waals surface area contributed by atoms with Gasteiger partial charge in [-0.15, -0.1) is 11.3 Å². The zero-order valence-corrected chi connectivity index (χ0v) is 17.3. The number of benzene rings is 2. The number of aryl methyl sites for hydroxylation is 2. The lowest BCUT2D eigenvalue weighted by Gasteiger charge is -2.12. The molecule has 0 aliphatic heterocycles. The molecule has 0 atom stereocenters. The van der Waals surface area contributed by atoms with Gasteiger partial charge in [-0.1, -0.05) is 60.2 Å². The first-order valence-corrected chi connectivity index (χ1v) is 10.4. The summed E-state index contributed by atoms with van der Waals surface area (Å²) in [7, 11) is 0. The zero-order valence-electron chi connectivity index (χ0n) is 16.5. The van der Waals surface area contributed by atoms with Crippen LogP contribution >= 0.6 is 11.3 Å². The summed E-state index contributed by atoms with van der Waals surface area (Å²) in [6.07, 6.45) is 1.03. The van der Waals surface area contributed by atoms with Crippen LogP contribution in [0.2, 0.25) is 0 Å². The predicted molar refractivity (Wildman–Crippen MR) is 119 cm³/mol. The van der Waals surface area contributed by atoms with Crippen LogP contribution in [-0.2, 0) is 6.54 Å². The molecule has 0 aliphatic rings. The van der Waals surface area contributed by atoms with E-state index in [2.05, 4.69) is 37.3 Å². The first-order valence-electron chi connectivity index (χ1n) is 9.63. The van der Waals surface area contributed by atoms with Crippen LogP contribution < -0.4 is 5.56 Å². The molecule has 0 amide bonds. The molecule has 0 fully saturated rings. The van der Waals surface area contributed by atoms with E-state index in [4.69, 9.17) is 10.2 Å². The fraction of sp³-hybridized carbons (Fsp3) is 0.208. The molecule has 0 aliphatic carbocycles. The summed E-state index contributed by atoms with van der Waals surface area (Å²) in [6, 6.07) is 20.2. The van der Waals surface area contributed by atoms with E-state index in [1.54, 1.807) is 15.9 Å². The fourth-order valence-corrected chi connectivity index (χ4v) is 4.63. The number of rotatable bonds is 5. The number of fused-ring (bicyclic) bond motifs is 1. The third kappa shape index (κ3) is 3.59. The predicted octanol–water partition coefficient (Wildman–Crippen LogP) is 5.71. The number of thiophene rings is 1. The number of unbranched alkanes of at least 4 members (excludes halogenated alkanes) is 1. The second-order valence-corrected chi connectivity index (χ2v) is 8.30. The molecule has 144 valence electrons. The molecule has 2 aromatic heterocycles. The number of nitriles is 1. The SMILES string of the molecule is Cc1ccc(-c2c(C)sc3nc(-c4ccccc4)n(CCCC#N)c(=O)c23)cc1. The van der Waals surface area contributed by atoms with Crippen LogP contribution in [0.3, 0.4) is 0 Å². The molecule has 4 rings (SSSR count). The second-order valence-electron chi connectivity index (χ2n) is 7.10. The Morgan fingerprint density at radius 2 is 1.76 bits per heavy atom. The molecule has 0 saturated carbocycles. The molecular weight excluding hydrogens is 378 g/mol. The van der Waals surface area contributed by atoms with Crippen LogP contribution in [0.5, 0.6) is 0 Å². The van der Waals surface area contributed by atoms with E-state index in [1.807, 2.05) is 37.3 Å². The first-order chi connectivity index (χ1) is 14.1.